The minimum atomic E-state index is -4.10. The normalized spacial score (nSPS) is 14.8. The number of nitro benzene ring substituents is 1. The molecule has 1 aliphatic heterocycles. The number of nitrogens with zero attached hydrogens (tertiary/aromatic N) is 2. The van der Waals surface area contributed by atoms with Crippen molar-refractivity contribution in [1.29, 1.82) is 0 Å². The molecule has 0 bridgehead atoms. The van der Waals surface area contributed by atoms with Crippen LogP contribution in [0, 0.1) is 10.1 Å². The SMILES string of the molecule is COc1cc(/C=C2\SC(=O)N(Cc3ccccc3[N+](=O)[O-])C2=O)ccc1OS(=O)(=O)c1ccccc1. The van der Waals surface area contributed by atoms with E-state index >= 15 is 0 Å². The van der Waals surface area contributed by atoms with Crippen molar-refractivity contribution in [1.82, 2.24) is 4.90 Å². The summed E-state index contributed by atoms with van der Waals surface area (Å²) in [5.74, 6) is -0.556. The van der Waals surface area contributed by atoms with Crippen LogP contribution in [0.3, 0.4) is 0 Å². The Kier molecular flexibility index (Phi) is 7.08. The number of hydrogen-bond donors (Lipinski definition) is 0. The molecule has 1 fully saturated rings. The first-order valence-corrected chi connectivity index (χ1v) is 12.6. The average molecular weight is 527 g/mol. The van der Waals surface area contributed by atoms with Gasteiger partial charge in [0, 0.05) is 11.6 Å². The highest BCUT2D eigenvalue weighted by Gasteiger charge is 2.36. The minimum Gasteiger partial charge on any atom is -0.493 e. The zero-order valence-corrected chi connectivity index (χ0v) is 20.3. The van der Waals surface area contributed by atoms with Crippen molar-refractivity contribution in [2.24, 2.45) is 0 Å². The summed E-state index contributed by atoms with van der Waals surface area (Å²) in [7, 11) is -2.76. The number of imide groups is 1. The van der Waals surface area contributed by atoms with Crippen LogP contribution in [0.25, 0.3) is 6.08 Å². The van der Waals surface area contributed by atoms with Gasteiger partial charge in [-0.25, -0.2) is 0 Å². The van der Waals surface area contributed by atoms with Gasteiger partial charge in [0.15, 0.2) is 11.5 Å². The fraction of sp³-hybridized carbons (Fsp3) is 0.0833. The monoisotopic (exact) mass is 526 g/mol. The van der Waals surface area contributed by atoms with E-state index in [0.29, 0.717) is 17.3 Å². The van der Waals surface area contributed by atoms with E-state index in [1.54, 1.807) is 24.3 Å². The van der Waals surface area contributed by atoms with E-state index in [1.807, 2.05) is 0 Å². The highest BCUT2D eigenvalue weighted by atomic mass is 32.2. The van der Waals surface area contributed by atoms with Gasteiger partial charge >= 0.3 is 10.1 Å². The number of methoxy groups -OCH3 is 1. The van der Waals surface area contributed by atoms with Gasteiger partial charge in [0.1, 0.15) is 4.90 Å². The van der Waals surface area contributed by atoms with Crippen LogP contribution < -0.4 is 8.92 Å². The summed E-state index contributed by atoms with van der Waals surface area (Å²) in [4.78, 5) is 37.1. The van der Waals surface area contributed by atoms with Gasteiger partial charge in [0.2, 0.25) is 0 Å². The molecule has 0 aromatic heterocycles. The molecule has 0 spiro atoms. The maximum atomic E-state index is 12.9. The van der Waals surface area contributed by atoms with E-state index in [4.69, 9.17) is 8.92 Å². The van der Waals surface area contributed by atoms with Crippen LogP contribution in [0.5, 0.6) is 11.5 Å². The van der Waals surface area contributed by atoms with E-state index in [0.717, 1.165) is 4.90 Å². The van der Waals surface area contributed by atoms with Gasteiger partial charge < -0.3 is 8.92 Å². The third kappa shape index (κ3) is 5.24. The van der Waals surface area contributed by atoms with E-state index in [2.05, 4.69) is 0 Å². The third-order valence-corrected chi connectivity index (χ3v) is 7.26. The van der Waals surface area contributed by atoms with Crippen molar-refractivity contribution in [2.75, 3.05) is 7.11 Å². The van der Waals surface area contributed by atoms with Gasteiger partial charge in [-0.2, -0.15) is 8.42 Å². The molecule has 3 aromatic carbocycles. The molecule has 12 heteroatoms. The van der Waals surface area contributed by atoms with E-state index < -0.39 is 26.2 Å². The molecule has 2 amide bonds. The Balaban J connectivity index is 1.56. The number of ether oxygens (including phenoxy) is 1. The fourth-order valence-corrected chi connectivity index (χ4v) is 5.18. The van der Waals surface area contributed by atoms with Crippen molar-refractivity contribution in [3.05, 3.63) is 98.9 Å². The van der Waals surface area contributed by atoms with Crippen molar-refractivity contribution < 1.29 is 31.9 Å². The number of benzene rings is 3. The van der Waals surface area contributed by atoms with Crippen molar-refractivity contribution in [2.45, 2.75) is 11.4 Å². The minimum absolute atomic E-state index is 0.0246. The summed E-state index contributed by atoms with van der Waals surface area (Å²) in [5, 5.41) is 10.7. The van der Waals surface area contributed by atoms with Gasteiger partial charge in [-0.15, -0.1) is 0 Å². The Morgan fingerprint density at radius 1 is 1.00 bits per heavy atom. The quantitative estimate of drug-likeness (QED) is 0.179. The average Bonchev–Trinajstić information content (AvgIpc) is 3.12. The van der Waals surface area contributed by atoms with E-state index in [-0.39, 0.29) is 39.1 Å². The summed E-state index contributed by atoms with van der Waals surface area (Å²) >= 11 is 0.696. The lowest BCUT2D eigenvalue weighted by molar-refractivity contribution is -0.385. The van der Waals surface area contributed by atoms with Gasteiger partial charge in [0.25, 0.3) is 16.8 Å². The molecule has 3 aromatic rings. The second-order valence-electron chi connectivity index (χ2n) is 7.41. The highest BCUT2D eigenvalue weighted by molar-refractivity contribution is 8.18. The summed E-state index contributed by atoms with van der Waals surface area (Å²) in [5.41, 5.74) is 0.493. The van der Waals surface area contributed by atoms with E-state index in [1.165, 1.54) is 61.7 Å². The number of nitro groups is 1. The molecule has 184 valence electrons. The van der Waals surface area contributed by atoms with Crippen molar-refractivity contribution >= 4 is 44.8 Å². The van der Waals surface area contributed by atoms with Crippen molar-refractivity contribution in [3.8, 4) is 11.5 Å². The first kappa shape index (κ1) is 24.9. The van der Waals surface area contributed by atoms with Crippen LogP contribution in [-0.4, -0.2) is 36.5 Å². The predicted octanol–water partition coefficient (Wildman–Crippen LogP) is 4.61. The van der Waals surface area contributed by atoms with Crippen LogP contribution in [0.4, 0.5) is 10.5 Å². The number of rotatable bonds is 8. The lowest BCUT2D eigenvalue weighted by atomic mass is 10.1. The lowest BCUT2D eigenvalue weighted by Gasteiger charge is -2.12. The second kappa shape index (κ2) is 10.2. The van der Waals surface area contributed by atoms with Gasteiger partial charge in [-0.1, -0.05) is 42.5 Å². The Bertz CT molecular complexity index is 1490. The number of para-hydroxylation sites is 1. The Hall–Kier alpha value is -4.16. The van der Waals surface area contributed by atoms with Crippen LogP contribution >= 0.6 is 11.8 Å². The molecule has 0 radical (unpaired) electrons. The van der Waals surface area contributed by atoms with E-state index in [9.17, 15) is 28.1 Å². The molecule has 36 heavy (non-hydrogen) atoms. The number of hydrogen-bond acceptors (Lipinski definition) is 9. The van der Waals surface area contributed by atoms with Gasteiger partial charge in [-0.3, -0.25) is 24.6 Å². The number of amides is 2. The smallest absolute Gasteiger partial charge is 0.339 e. The lowest BCUT2D eigenvalue weighted by Crippen LogP contribution is -2.27. The summed E-state index contributed by atoms with van der Waals surface area (Å²) in [6.07, 6.45) is 1.45. The molecule has 0 aliphatic carbocycles. The Labute approximate surface area is 210 Å². The summed E-state index contributed by atoms with van der Waals surface area (Å²) in [6.45, 7) is -0.243. The van der Waals surface area contributed by atoms with Gasteiger partial charge in [0.05, 0.1) is 23.5 Å². The summed E-state index contributed by atoms with van der Waals surface area (Å²) in [6, 6.07) is 17.8. The second-order valence-corrected chi connectivity index (χ2v) is 9.95. The predicted molar refractivity (Wildman–Crippen MR) is 132 cm³/mol. The van der Waals surface area contributed by atoms with Crippen LogP contribution in [-0.2, 0) is 21.5 Å². The van der Waals surface area contributed by atoms with Crippen LogP contribution in [0.2, 0.25) is 0 Å². The molecular formula is C24H18N2O8S2. The Morgan fingerprint density at radius 2 is 1.69 bits per heavy atom. The van der Waals surface area contributed by atoms with Crippen LogP contribution in [0.1, 0.15) is 11.1 Å². The van der Waals surface area contributed by atoms with Crippen molar-refractivity contribution in [3.63, 3.8) is 0 Å². The first-order valence-electron chi connectivity index (χ1n) is 10.3. The maximum absolute atomic E-state index is 12.9. The number of carbonyl (C=O) groups excluding carboxylic acids is 2. The fourth-order valence-electron chi connectivity index (χ4n) is 3.38. The molecule has 0 N–H and O–H groups in total. The highest BCUT2D eigenvalue weighted by Crippen LogP contribution is 2.36. The molecule has 10 nitrogen and oxygen atoms in total. The maximum Gasteiger partial charge on any atom is 0.339 e. The van der Waals surface area contributed by atoms with Crippen LogP contribution in [0.15, 0.2) is 82.6 Å². The Morgan fingerprint density at radius 3 is 2.39 bits per heavy atom. The molecule has 1 heterocycles. The molecule has 0 unspecified atom stereocenters. The van der Waals surface area contributed by atoms with Gasteiger partial charge in [-0.05, 0) is 47.7 Å². The zero-order valence-electron chi connectivity index (χ0n) is 18.7. The molecule has 1 saturated heterocycles. The zero-order chi connectivity index (χ0) is 25.9. The number of thioether (sulfide) groups is 1. The molecular weight excluding hydrogens is 508 g/mol. The first-order chi connectivity index (χ1) is 17.2. The number of carbonyl (C=O) groups is 2. The standard InChI is InChI=1S/C24H18N2O8S2/c1-33-21-13-16(11-12-20(21)34-36(31,32)18-8-3-2-4-9-18)14-22-23(27)25(24(28)35-22)15-17-7-5-6-10-19(17)26(29)30/h2-14H,15H2,1H3/b22-14-. The topological polar surface area (TPSA) is 133 Å². The third-order valence-electron chi connectivity index (χ3n) is 5.11. The summed E-state index contributed by atoms with van der Waals surface area (Å²) < 4.78 is 35.6. The molecule has 0 saturated carbocycles. The molecule has 1 aliphatic rings. The molecule has 0 atom stereocenters. The molecule has 4 rings (SSSR count). The largest absolute Gasteiger partial charge is 0.493 e.